The number of rotatable bonds is 4. The molecule has 3 rings (SSSR count). The fraction of sp³-hybridized carbons (Fsp3) is 0.375. The maximum Gasteiger partial charge on any atom is 0.225 e. The van der Waals surface area contributed by atoms with Gasteiger partial charge < -0.3 is 14.4 Å². The lowest BCUT2D eigenvalue weighted by atomic mass is 10.1. The molecule has 1 saturated heterocycles. The van der Waals surface area contributed by atoms with Gasteiger partial charge in [0.05, 0.1) is 19.8 Å². The maximum absolute atomic E-state index is 5.86. The van der Waals surface area contributed by atoms with Crippen molar-refractivity contribution >= 4 is 5.95 Å². The number of nitrogens with zero attached hydrogens (tertiary/aromatic N) is 3. The molecule has 0 unspecified atom stereocenters. The Morgan fingerprint density at radius 3 is 2.71 bits per heavy atom. The first-order valence-corrected chi connectivity index (χ1v) is 7.11. The summed E-state index contributed by atoms with van der Waals surface area (Å²) in [6.45, 7) is 2.36. The fourth-order valence-corrected chi connectivity index (χ4v) is 2.50. The molecule has 0 aliphatic carbocycles. The van der Waals surface area contributed by atoms with Gasteiger partial charge in [-0.3, -0.25) is 0 Å². The summed E-state index contributed by atoms with van der Waals surface area (Å²) in [5.74, 6) is 1.66. The van der Waals surface area contributed by atoms with E-state index in [1.807, 2.05) is 18.2 Å². The molecule has 21 heavy (non-hydrogen) atoms. The van der Waals surface area contributed by atoms with Gasteiger partial charge in [0.2, 0.25) is 5.95 Å². The minimum absolute atomic E-state index is 0.163. The lowest BCUT2D eigenvalue weighted by Crippen LogP contribution is -2.44. The van der Waals surface area contributed by atoms with Crippen molar-refractivity contribution in [2.24, 2.45) is 0 Å². The zero-order valence-electron chi connectivity index (χ0n) is 12.1. The van der Waals surface area contributed by atoms with Crippen LogP contribution < -0.4 is 9.64 Å². The molecule has 0 N–H and O–H groups in total. The number of hydrogen-bond donors (Lipinski definition) is 0. The summed E-state index contributed by atoms with van der Waals surface area (Å²) < 4.78 is 11.0. The minimum Gasteiger partial charge on any atom is -0.497 e. The number of benzene rings is 1. The highest BCUT2D eigenvalue weighted by Crippen LogP contribution is 2.17. The summed E-state index contributed by atoms with van der Waals surface area (Å²) in [4.78, 5) is 10.8. The van der Waals surface area contributed by atoms with Crippen LogP contribution in [0.2, 0.25) is 0 Å². The highest BCUT2D eigenvalue weighted by atomic mass is 16.5. The highest BCUT2D eigenvalue weighted by molar-refractivity contribution is 5.31. The molecule has 1 fully saturated rings. The number of anilines is 1. The molecule has 5 nitrogen and oxygen atoms in total. The van der Waals surface area contributed by atoms with Crippen LogP contribution in [0, 0.1) is 0 Å². The van der Waals surface area contributed by atoms with Crippen molar-refractivity contribution in [1.29, 1.82) is 0 Å². The summed E-state index contributed by atoms with van der Waals surface area (Å²) in [6, 6.07) is 9.96. The number of methoxy groups -OCH3 is 1. The molecule has 2 heterocycles. The van der Waals surface area contributed by atoms with Gasteiger partial charge in [-0.1, -0.05) is 12.1 Å². The number of ether oxygens (including phenoxy) is 2. The van der Waals surface area contributed by atoms with Crippen LogP contribution in [0.15, 0.2) is 42.7 Å². The molecule has 1 aliphatic heterocycles. The lowest BCUT2D eigenvalue weighted by molar-refractivity contribution is 0.0405. The predicted octanol–water partition coefficient (Wildman–Crippen LogP) is 1.93. The Labute approximate surface area is 124 Å². The van der Waals surface area contributed by atoms with E-state index < -0.39 is 0 Å². The van der Waals surface area contributed by atoms with E-state index >= 15 is 0 Å². The first-order valence-electron chi connectivity index (χ1n) is 7.11. The molecule has 0 saturated carbocycles. The quantitative estimate of drug-likeness (QED) is 0.859. The van der Waals surface area contributed by atoms with E-state index in [9.17, 15) is 0 Å². The Balaban J connectivity index is 1.63. The maximum atomic E-state index is 5.86. The van der Waals surface area contributed by atoms with Gasteiger partial charge in [0.25, 0.3) is 0 Å². The van der Waals surface area contributed by atoms with Crippen molar-refractivity contribution in [3.8, 4) is 5.75 Å². The molecule has 0 bridgehead atoms. The van der Waals surface area contributed by atoms with E-state index in [1.54, 1.807) is 19.5 Å². The highest BCUT2D eigenvalue weighted by Gasteiger charge is 2.22. The number of hydrogen-bond acceptors (Lipinski definition) is 5. The van der Waals surface area contributed by atoms with E-state index in [-0.39, 0.29) is 6.10 Å². The minimum atomic E-state index is 0.163. The van der Waals surface area contributed by atoms with Gasteiger partial charge in [-0.05, 0) is 23.8 Å². The van der Waals surface area contributed by atoms with Crippen LogP contribution in [0.25, 0.3) is 0 Å². The Morgan fingerprint density at radius 1 is 1.24 bits per heavy atom. The van der Waals surface area contributed by atoms with Gasteiger partial charge in [0.15, 0.2) is 0 Å². The predicted molar refractivity (Wildman–Crippen MR) is 80.7 cm³/mol. The number of morpholine rings is 1. The summed E-state index contributed by atoms with van der Waals surface area (Å²) in [5, 5.41) is 0. The van der Waals surface area contributed by atoms with Crippen LogP contribution >= 0.6 is 0 Å². The summed E-state index contributed by atoms with van der Waals surface area (Å²) >= 11 is 0. The summed E-state index contributed by atoms with van der Waals surface area (Å²) in [7, 11) is 1.68. The first-order chi connectivity index (χ1) is 10.3. The molecule has 0 amide bonds. The second-order valence-corrected chi connectivity index (χ2v) is 5.04. The molecular formula is C16H19N3O2. The Morgan fingerprint density at radius 2 is 2.00 bits per heavy atom. The molecule has 1 aromatic heterocycles. The van der Waals surface area contributed by atoms with Crippen molar-refractivity contribution in [2.45, 2.75) is 12.5 Å². The SMILES string of the molecule is COc1ccc(C[C@H]2CN(c3ncccn3)CCO2)cc1. The smallest absolute Gasteiger partial charge is 0.225 e. The van der Waals surface area contributed by atoms with E-state index in [1.165, 1.54) is 5.56 Å². The van der Waals surface area contributed by atoms with Crippen molar-refractivity contribution in [3.63, 3.8) is 0 Å². The topological polar surface area (TPSA) is 47.5 Å². The van der Waals surface area contributed by atoms with Crippen molar-refractivity contribution in [3.05, 3.63) is 48.3 Å². The molecular weight excluding hydrogens is 266 g/mol. The third-order valence-electron chi connectivity index (χ3n) is 3.60. The Hall–Kier alpha value is -2.14. The molecule has 1 atom stereocenters. The average Bonchev–Trinajstić information content (AvgIpc) is 2.57. The van der Waals surface area contributed by atoms with Gasteiger partial charge in [0, 0.05) is 31.9 Å². The van der Waals surface area contributed by atoms with Gasteiger partial charge >= 0.3 is 0 Å². The van der Waals surface area contributed by atoms with Crippen LogP contribution in [0.5, 0.6) is 5.75 Å². The molecule has 2 aromatic rings. The van der Waals surface area contributed by atoms with Crippen LogP contribution in [0.4, 0.5) is 5.95 Å². The zero-order chi connectivity index (χ0) is 14.5. The van der Waals surface area contributed by atoms with Gasteiger partial charge in [-0.25, -0.2) is 9.97 Å². The standard InChI is InChI=1S/C16H19N3O2/c1-20-14-5-3-13(4-6-14)11-15-12-19(9-10-21-15)16-17-7-2-8-18-16/h2-8,15H,9-12H2,1H3/t15-/m0/s1. The average molecular weight is 285 g/mol. The molecule has 110 valence electrons. The Kier molecular flexibility index (Phi) is 4.31. The van der Waals surface area contributed by atoms with Crippen molar-refractivity contribution < 1.29 is 9.47 Å². The van der Waals surface area contributed by atoms with E-state index in [2.05, 4.69) is 27.0 Å². The molecule has 1 aliphatic rings. The van der Waals surface area contributed by atoms with Gasteiger partial charge in [0.1, 0.15) is 5.75 Å². The van der Waals surface area contributed by atoms with Crippen LogP contribution in [-0.2, 0) is 11.2 Å². The largest absolute Gasteiger partial charge is 0.497 e. The van der Waals surface area contributed by atoms with Gasteiger partial charge in [-0.15, -0.1) is 0 Å². The first kappa shape index (κ1) is 13.8. The monoisotopic (exact) mass is 285 g/mol. The second-order valence-electron chi connectivity index (χ2n) is 5.04. The normalized spacial score (nSPS) is 18.5. The molecule has 5 heteroatoms. The van der Waals surface area contributed by atoms with Crippen LogP contribution in [0.1, 0.15) is 5.56 Å². The van der Waals surface area contributed by atoms with Gasteiger partial charge in [-0.2, -0.15) is 0 Å². The van der Waals surface area contributed by atoms with E-state index in [0.717, 1.165) is 31.2 Å². The van der Waals surface area contributed by atoms with E-state index in [4.69, 9.17) is 9.47 Å². The summed E-state index contributed by atoms with van der Waals surface area (Å²) in [5.41, 5.74) is 1.25. The molecule has 1 aromatic carbocycles. The third kappa shape index (κ3) is 3.49. The lowest BCUT2D eigenvalue weighted by Gasteiger charge is -2.33. The zero-order valence-corrected chi connectivity index (χ0v) is 12.1. The summed E-state index contributed by atoms with van der Waals surface area (Å²) in [6.07, 6.45) is 4.59. The number of aromatic nitrogens is 2. The third-order valence-corrected chi connectivity index (χ3v) is 3.60. The van der Waals surface area contributed by atoms with Crippen molar-refractivity contribution in [2.75, 3.05) is 31.7 Å². The van der Waals surface area contributed by atoms with E-state index in [0.29, 0.717) is 6.61 Å². The van der Waals surface area contributed by atoms with Crippen LogP contribution in [-0.4, -0.2) is 42.9 Å². The fourth-order valence-electron chi connectivity index (χ4n) is 2.50. The van der Waals surface area contributed by atoms with Crippen LogP contribution in [0.3, 0.4) is 0 Å². The molecule has 0 radical (unpaired) electrons. The van der Waals surface area contributed by atoms with Crippen molar-refractivity contribution in [1.82, 2.24) is 9.97 Å². The molecule has 0 spiro atoms. The second kappa shape index (κ2) is 6.54. The Bertz CT molecular complexity index is 559.